The lowest BCUT2D eigenvalue weighted by molar-refractivity contribution is 0.102. The van der Waals surface area contributed by atoms with Crippen molar-refractivity contribution in [2.45, 2.75) is 6.92 Å². The van der Waals surface area contributed by atoms with Crippen LogP contribution in [0.2, 0.25) is 5.15 Å². The van der Waals surface area contributed by atoms with Crippen molar-refractivity contribution < 1.29 is 4.79 Å². The summed E-state index contributed by atoms with van der Waals surface area (Å²) in [5, 5.41) is 3.06. The molecule has 6 heteroatoms. The quantitative estimate of drug-likeness (QED) is 0.711. The van der Waals surface area contributed by atoms with E-state index >= 15 is 0 Å². The second kappa shape index (κ2) is 4.94. The molecule has 0 aliphatic carbocycles. The van der Waals surface area contributed by atoms with Gasteiger partial charge in [-0.2, -0.15) is 0 Å². The molecular formula is C14H11ClN4O. The third kappa shape index (κ3) is 2.23. The van der Waals surface area contributed by atoms with E-state index in [1.54, 1.807) is 36.8 Å². The summed E-state index contributed by atoms with van der Waals surface area (Å²) in [5.41, 5.74) is 3.55. The summed E-state index contributed by atoms with van der Waals surface area (Å²) in [5.74, 6) is -0.237. The van der Waals surface area contributed by atoms with Crippen LogP contribution in [0.4, 0.5) is 5.69 Å². The molecule has 1 aromatic carbocycles. The fraction of sp³-hybridized carbons (Fsp3) is 0.0714. The summed E-state index contributed by atoms with van der Waals surface area (Å²) in [4.78, 5) is 23.3. The summed E-state index contributed by atoms with van der Waals surface area (Å²) in [6.45, 7) is 1.86. The number of amides is 1. The van der Waals surface area contributed by atoms with E-state index < -0.39 is 0 Å². The van der Waals surface area contributed by atoms with Crippen LogP contribution >= 0.6 is 11.6 Å². The molecule has 2 N–H and O–H groups in total. The molecule has 0 bridgehead atoms. The second-order valence-electron chi connectivity index (χ2n) is 4.38. The first-order valence-electron chi connectivity index (χ1n) is 6.01. The molecule has 100 valence electrons. The third-order valence-electron chi connectivity index (χ3n) is 3.03. The van der Waals surface area contributed by atoms with E-state index in [9.17, 15) is 4.79 Å². The molecule has 0 atom stereocenters. The largest absolute Gasteiger partial charge is 0.345 e. The SMILES string of the molecule is Cc1ccnc(Cl)c1NC(=O)c1ccc2nc[nH]c2c1. The zero-order valence-corrected chi connectivity index (χ0v) is 11.4. The molecule has 0 aliphatic heterocycles. The van der Waals surface area contributed by atoms with Crippen LogP contribution in [0.25, 0.3) is 11.0 Å². The van der Waals surface area contributed by atoms with Crippen molar-refractivity contribution in [2.75, 3.05) is 5.32 Å². The number of pyridine rings is 1. The standard InChI is InChI=1S/C14H11ClN4O/c1-8-4-5-16-13(15)12(8)19-14(20)9-2-3-10-11(6-9)18-7-17-10/h2-7H,1H3,(H,17,18)(H,19,20). The minimum Gasteiger partial charge on any atom is -0.345 e. The Balaban J connectivity index is 1.92. The number of anilines is 1. The molecule has 0 aliphatic rings. The van der Waals surface area contributed by atoms with Gasteiger partial charge in [-0.3, -0.25) is 4.79 Å². The van der Waals surface area contributed by atoms with Crippen LogP contribution in [-0.4, -0.2) is 20.9 Å². The number of carbonyl (C=O) groups excluding carboxylic acids is 1. The van der Waals surface area contributed by atoms with Crippen LogP contribution in [0, 0.1) is 6.92 Å². The van der Waals surface area contributed by atoms with E-state index in [1.165, 1.54) is 0 Å². The van der Waals surface area contributed by atoms with Crippen LogP contribution in [-0.2, 0) is 0 Å². The van der Waals surface area contributed by atoms with Gasteiger partial charge in [0.15, 0.2) is 5.15 Å². The molecule has 3 aromatic rings. The van der Waals surface area contributed by atoms with Gasteiger partial charge in [-0.05, 0) is 36.8 Å². The number of rotatable bonds is 2. The summed E-state index contributed by atoms with van der Waals surface area (Å²) in [6, 6.07) is 7.05. The molecule has 0 saturated carbocycles. The smallest absolute Gasteiger partial charge is 0.255 e. The first-order chi connectivity index (χ1) is 9.65. The average molecular weight is 287 g/mol. The Labute approximate surface area is 120 Å². The Bertz CT molecular complexity index is 776. The summed E-state index contributed by atoms with van der Waals surface area (Å²) in [6.07, 6.45) is 3.19. The molecule has 0 fully saturated rings. The number of nitrogens with zero attached hydrogens (tertiary/aromatic N) is 2. The van der Waals surface area contributed by atoms with E-state index in [2.05, 4.69) is 20.3 Å². The van der Waals surface area contributed by atoms with Gasteiger partial charge in [-0.25, -0.2) is 9.97 Å². The van der Waals surface area contributed by atoms with E-state index in [0.717, 1.165) is 16.6 Å². The highest BCUT2D eigenvalue weighted by atomic mass is 35.5. The summed E-state index contributed by atoms with van der Waals surface area (Å²) < 4.78 is 0. The number of fused-ring (bicyclic) bond motifs is 1. The molecule has 5 nitrogen and oxygen atoms in total. The lowest BCUT2D eigenvalue weighted by Gasteiger charge is -2.09. The van der Waals surface area contributed by atoms with E-state index in [4.69, 9.17) is 11.6 Å². The average Bonchev–Trinajstić information content (AvgIpc) is 2.90. The van der Waals surface area contributed by atoms with Crippen LogP contribution in [0.3, 0.4) is 0 Å². The number of aromatic amines is 1. The number of H-pyrrole nitrogens is 1. The zero-order valence-electron chi connectivity index (χ0n) is 10.6. The number of aromatic nitrogens is 3. The van der Waals surface area contributed by atoms with Crippen molar-refractivity contribution in [3.8, 4) is 0 Å². The minimum atomic E-state index is -0.237. The monoisotopic (exact) mass is 286 g/mol. The maximum atomic E-state index is 12.3. The molecule has 3 rings (SSSR count). The van der Waals surface area contributed by atoms with Gasteiger partial charge in [-0.1, -0.05) is 11.6 Å². The number of benzene rings is 1. The highest BCUT2D eigenvalue weighted by Crippen LogP contribution is 2.23. The predicted octanol–water partition coefficient (Wildman–Crippen LogP) is 3.17. The van der Waals surface area contributed by atoms with E-state index in [1.807, 2.05) is 6.92 Å². The molecule has 0 saturated heterocycles. The number of halogens is 1. The van der Waals surface area contributed by atoms with Gasteiger partial charge >= 0.3 is 0 Å². The predicted molar refractivity (Wildman–Crippen MR) is 78.0 cm³/mol. The normalized spacial score (nSPS) is 10.7. The molecular weight excluding hydrogens is 276 g/mol. The lowest BCUT2D eigenvalue weighted by atomic mass is 10.1. The van der Waals surface area contributed by atoms with Gasteiger partial charge in [0.2, 0.25) is 0 Å². The zero-order chi connectivity index (χ0) is 14.1. The first kappa shape index (κ1) is 12.6. The fourth-order valence-electron chi connectivity index (χ4n) is 1.94. The Morgan fingerprint density at radius 3 is 2.95 bits per heavy atom. The van der Waals surface area contributed by atoms with Gasteiger partial charge in [0, 0.05) is 11.8 Å². The molecule has 0 spiro atoms. The van der Waals surface area contributed by atoms with E-state index in [-0.39, 0.29) is 11.1 Å². The number of hydrogen-bond acceptors (Lipinski definition) is 3. The van der Waals surface area contributed by atoms with Gasteiger partial charge in [0.25, 0.3) is 5.91 Å². The molecule has 20 heavy (non-hydrogen) atoms. The lowest BCUT2D eigenvalue weighted by Crippen LogP contribution is -2.13. The number of imidazole rings is 1. The Morgan fingerprint density at radius 1 is 1.30 bits per heavy atom. The van der Waals surface area contributed by atoms with E-state index in [0.29, 0.717) is 11.3 Å². The topological polar surface area (TPSA) is 70.7 Å². The third-order valence-corrected chi connectivity index (χ3v) is 3.32. The Morgan fingerprint density at radius 2 is 2.15 bits per heavy atom. The number of carbonyl (C=O) groups is 1. The van der Waals surface area contributed by atoms with Gasteiger partial charge in [0.05, 0.1) is 23.0 Å². The van der Waals surface area contributed by atoms with Crippen molar-refractivity contribution >= 4 is 34.2 Å². The van der Waals surface area contributed by atoms with Gasteiger partial charge < -0.3 is 10.3 Å². The van der Waals surface area contributed by atoms with Crippen LogP contribution in [0.15, 0.2) is 36.8 Å². The van der Waals surface area contributed by atoms with Gasteiger partial charge in [0.1, 0.15) is 0 Å². The number of aryl methyl sites for hydroxylation is 1. The Hall–Kier alpha value is -2.40. The van der Waals surface area contributed by atoms with Crippen LogP contribution < -0.4 is 5.32 Å². The molecule has 2 heterocycles. The number of hydrogen-bond donors (Lipinski definition) is 2. The highest BCUT2D eigenvalue weighted by Gasteiger charge is 2.12. The fourth-order valence-corrected chi connectivity index (χ4v) is 2.19. The number of nitrogens with one attached hydrogen (secondary N) is 2. The minimum absolute atomic E-state index is 0.237. The maximum absolute atomic E-state index is 12.3. The molecule has 0 radical (unpaired) electrons. The van der Waals surface area contributed by atoms with Gasteiger partial charge in [-0.15, -0.1) is 0 Å². The summed E-state index contributed by atoms with van der Waals surface area (Å²) in [7, 11) is 0. The van der Waals surface area contributed by atoms with Crippen molar-refractivity contribution in [1.29, 1.82) is 0 Å². The van der Waals surface area contributed by atoms with Crippen molar-refractivity contribution in [2.24, 2.45) is 0 Å². The Kier molecular flexibility index (Phi) is 3.12. The first-order valence-corrected chi connectivity index (χ1v) is 6.38. The van der Waals surface area contributed by atoms with Crippen LogP contribution in [0.1, 0.15) is 15.9 Å². The highest BCUT2D eigenvalue weighted by molar-refractivity contribution is 6.32. The molecule has 1 amide bonds. The summed E-state index contributed by atoms with van der Waals surface area (Å²) >= 11 is 6.00. The maximum Gasteiger partial charge on any atom is 0.255 e. The molecule has 2 aromatic heterocycles. The molecule has 0 unspecified atom stereocenters. The van der Waals surface area contributed by atoms with Crippen molar-refractivity contribution in [3.63, 3.8) is 0 Å². The second-order valence-corrected chi connectivity index (χ2v) is 4.74. The van der Waals surface area contributed by atoms with Crippen molar-refractivity contribution in [1.82, 2.24) is 15.0 Å². The van der Waals surface area contributed by atoms with Crippen LogP contribution in [0.5, 0.6) is 0 Å². The van der Waals surface area contributed by atoms with Crippen molar-refractivity contribution in [3.05, 3.63) is 53.1 Å².